The Hall–Kier alpha value is -1.91. The van der Waals surface area contributed by atoms with Crippen LogP contribution < -0.4 is 5.32 Å². The number of pyridine rings is 1. The molecule has 0 aromatic carbocycles. The van der Waals surface area contributed by atoms with E-state index in [0.29, 0.717) is 13.0 Å². The molecule has 0 saturated heterocycles. The molecular formula is C17H24N4O. The molecule has 0 aliphatic heterocycles. The van der Waals surface area contributed by atoms with E-state index in [4.69, 9.17) is 0 Å². The van der Waals surface area contributed by atoms with Crippen LogP contribution in [-0.4, -0.2) is 20.5 Å². The van der Waals surface area contributed by atoms with Gasteiger partial charge in [0.1, 0.15) is 0 Å². The number of carbonyl (C=O) groups is 1. The largest absolute Gasteiger partial charge is 0.349 e. The zero-order valence-electron chi connectivity index (χ0n) is 13.0. The highest BCUT2D eigenvalue weighted by molar-refractivity contribution is 5.75. The molecule has 2 heterocycles. The van der Waals surface area contributed by atoms with Gasteiger partial charge in [-0.1, -0.05) is 38.2 Å². The summed E-state index contributed by atoms with van der Waals surface area (Å²) in [6.07, 6.45) is 11.6. The van der Waals surface area contributed by atoms with Crippen LogP contribution >= 0.6 is 0 Å². The second-order valence-electron chi connectivity index (χ2n) is 6.22. The van der Waals surface area contributed by atoms with Gasteiger partial charge in [-0.05, 0) is 30.9 Å². The maximum atomic E-state index is 11.9. The maximum Gasteiger partial charge on any atom is 0.220 e. The smallest absolute Gasteiger partial charge is 0.220 e. The molecule has 0 bridgehead atoms. The lowest BCUT2D eigenvalue weighted by molar-refractivity contribution is -0.121. The van der Waals surface area contributed by atoms with E-state index in [1.165, 1.54) is 38.5 Å². The Morgan fingerprint density at radius 2 is 2.09 bits per heavy atom. The molecule has 1 saturated carbocycles. The van der Waals surface area contributed by atoms with Crippen molar-refractivity contribution in [2.24, 2.45) is 5.92 Å². The van der Waals surface area contributed by atoms with Crippen molar-refractivity contribution < 1.29 is 4.79 Å². The lowest BCUT2D eigenvalue weighted by Gasteiger charge is -2.21. The van der Waals surface area contributed by atoms with Gasteiger partial charge >= 0.3 is 0 Å². The third kappa shape index (κ3) is 3.84. The Kier molecular flexibility index (Phi) is 5.03. The van der Waals surface area contributed by atoms with Crippen LogP contribution in [0.1, 0.15) is 57.2 Å². The zero-order chi connectivity index (χ0) is 15.2. The van der Waals surface area contributed by atoms with E-state index in [1.807, 2.05) is 28.8 Å². The van der Waals surface area contributed by atoms with Crippen molar-refractivity contribution in [3.05, 3.63) is 30.2 Å². The molecule has 2 aromatic rings. The van der Waals surface area contributed by atoms with Crippen LogP contribution in [0.5, 0.6) is 0 Å². The van der Waals surface area contributed by atoms with Crippen LogP contribution in [0.3, 0.4) is 0 Å². The number of nitrogens with zero attached hydrogens (tertiary/aromatic N) is 3. The second kappa shape index (κ2) is 7.38. The summed E-state index contributed by atoms with van der Waals surface area (Å²) in [4.78, 5) is 11.9. The molecule has 0 radical (unpaired) electrons. The standard InChI is InChI=1S/C17H24N4O/c22-17(11-6-9-14-7-2-1-3-8-14)18-13-16-20-19-15-10-4-5-12-21(15)16/h4-5,10,12,14H,1-3,6-9,11,13H2,(H,18,22). The number of rotatable bonds is 6. The summed E-state index contributed by atoms with van der Waals surface area (Å²) in [5.74, 6) is 1.74. The highest BCUT2D eigenvalue weighted by Gasteiger charge is 2.13. The lowest BCUT2D eigenvalue weighted by atomic mass is 9.86. The predicted molar refractivity (Wildman–Crippen MR) is 85.3 cm³/mol. The molecule has 0 atom stereocenters. The Balaban J connectivity index is 1.40. The van der Waals surface area contributed by atoms with Crippen molar-refractivity contribution in [2.75, 3.05) is 0 Å². The fraction of sp³-hybridized carbons (Fsp3) is 0.588. The summed E-state index contributed by atoms with van der Waals surface area (Å²) in [7, 11) is 0. The molecular weight excluding hydrogens is 276 g/mol. The number of amides is 1. The molecule has 1 fully saturated rings. The molecule has 5 nitrogen and oxygen atoms in total. The summed E-state index contributed by atoms with van der Waals surface area (Å²) >= 11 is 0. The average Bonchev–Trinajstić information content (AvgIpc) is 2.97. The summed E-state index contributed by atoms with van der Waals surface area (Å²) in [5.41, 5.74) is 0.809. The Bertz CT molecular complexity index is 616. The number of hydrogen-bond acceptors (Lipinski definition) is 3. The molecule has 1 N–H and O–H groups in total. The van der Waals surface area contributed by atoms with Gasteiger partial charge in [0.2, 0.25) is 5.91 Å². The van der Waals surface area contributed by atoms with Gasteiger partial charge in [-0.15, -0.1) is 10.2 Å². The van der Waals surface area contributed by atoms with Crippen LogP contribution in [0.25, 0.3) is 5.65 Å². The predicted octanol–water partition coefficient (Wildman–Crippen LogP) is 3.10. The molecule has 2 aromatic heterocycles. The van der Waals surface area contributed by atoms with Crippen molar-refractivity contribution in [2.45, 2.75) is 57.9 Å². The van der Waals surface area contributed by atoms with Crippen molar-refractivity contribution in [3.63, 3.8) is 0 Å². The Morgan fingerprint density at radius 1 is 1.23 bits per heavy atom. The number of aromatic nitrogens is 3. The van der Waals surface area contributed by atoms with Crippen molar-refractivity contribution in [1.29, 1.82) is 0 Å². The first-order valence-electron chi connectivity index (χ1n) is 8.38. The number of fused-ring (bicyclic) bond motifs is 1. The Labute approximate surface area is 131 Å². The Morgan fingerprint density at radius 3 is 2.95 bits per heavy atom. The van der Waals surface area contributed by atoms with Crippen LogP contribution in [0.2, 0.25) is 0 Å². The van der Waals surface area contributed by atoms with Crippen molar-refractivity contribution in [3.8, 4) is 0 Å². The van der Waals surface area contributed by atoms with Gasteiger partial charge in [-0.2, -0.15) is 0 Å². The van der Waals surface area contributed by atoms with Crippen LogP contribution in [0, 0.1) is 5.92 Å². The highest BCUT2D eigenvalue weighted by Crippen LogP contribution is 2.27. The van der Waals surface area contributed by atoms with Gasteiger partial charge in [0.05, 0.1) is 6.54 Å². The molecule has 22 heavy (non-hydrogen) atoms. The third-order valence-corrected chi connectivity index (χ3v) is 4.57. The zero-order valence-corrected chi connectivity index (χ0v) is 13.0. The van der Waals surface area contributed by atoms with Gasteiger partial charge in [0.25, 0.3) is 0 Å². The third-order valence-electron chi connectivity index (χ3n) is 4.57. The molecule has 0 spiro atoms. The van der Waals surface area contributed by atoms with E-state index in [2.05, 4.69) is 15.5 Å². The normalized spacial score (nSPS) is 16.0. The average molecular weight is 300 g/mol. The van der Waals surface area contributed by atoms with Crippen molar-refractivity contribution >= 4 is 11.6 Å². The van der Waals surface area contributed by atoms with Crippen LogP contribution in [-0.2, 0) is 11.3 Å². The minimum atomic E-state index is 0.114. The maximum absolute atomic E-state index is 11.9. The molecule has 3 rings (SSSR count). The molecule has 1 amide bonds. The summed E-state index contributed by atoms with van der Waals surface area (Å²) in [5, 5.41) is 11.2. The minimum absolute atomic E-state index is 0.114. The van der Waals surface area contributed by atoms with E-state index < -0.39 is 0 Å². The number of carbonyl (C=O) groups excluding carboxylic acids is 1. The minimum Gasteiger partial charge on any atom is -0.349 e. The molecule has 0 unspecified atom stereocenters. The molecule has 118 valence electrons. The second-order valence-corrected chi connectivity index (χ2v) is 6.22. The first-order chi connectivity index (χ1) is 10.8. The first kappa shape index (κ1) is 15.0. The van der Waals surface area contributed by atoms with Gasteiger partial charge in [-0.25, -0.2) is 0 Å². The van der Waals surface area contributed by atoms with E-state index >= 15 is 0 Å². The van der Waals surface area contributed by atoms with E-state index in [9.17, 15) is 4.79 Å². The summed E-state index contributed by atoms with van der Waals surface area (Å²) < 4.78 is 1.91. The van der Waals surface area contributed by atoms with Crippen LogP contribution in [0.15, 0.2) is 24.4 Å². The number of hydrogen-bond donors (Lipinski definition) is 1. The fourth-order valence-corrected chi connectivity index (χ4v) is 3.30. The molecule has 5 heteroatoms. The van der Waals surface area contributed by atoms with Gasteiger partial charge in [0.15, 0.2) is 11.5 Å². The van der Waals surface area contributed by atoms with Gasteiger partial charge in [-0.3, -0.25) is 9.20 Å². The molecule has 1 aliphatic rings. The van der Waals surface area contributed by atoms with E-state index in [1.54, 1.807) is 0 Å². The monoisotopic (exact) mass is 300 g/mol. The lowest BCUT2D eigenvalue weighted by Crippen LogP contribution is -2.23. The van der Waals surface area contributed by atoms with Gasteiger partial charge < -0.3 is 5.32 Å². The highest BCUT2D eigenvalue weighted by atomic mass is 16.1. The quantitative estimate of drug-likeness (QED) is 0.891. The molecule has 1 aliphatic carbocycles. The topological polar surface area (TPSA) is 59.3 Å². The van der Waals surface area contributed by atoms with Crippen molar-refractivity contribution in [1.82, 2.24) is 19.9 Å². The summed E-state index contributed by atoms with van der Waals surface area (Å²) in [6, 6.07) is 5.77. The van der Waals surface area contributed by atoms with Crippen LogP contribution in [0.4, 0.5) is 0 Å². The van der Waals surface area contributed by atoms with E-state index in [0.717, 1.165) is 23.8 Å². The van der Waals surface area contributed by atoms with Gasteiger partial charge in [0, 0.05) is 12.6 Å². The first-order valence-corrected chi connectivity index (χ1v) is 8.38. The number of nitrogens with one attached hydrogen (secondary N) is 1. The summed E-state index contributed by atoms with van der Waals surface area (Å²) in [6.45, 7) is 0.438. The fourth-order valence-electron chi connectivity index (χ4n) is 3.30. The SMILES string of the molecule is O=C(CCCC1CCCCC1)NCc1nnc2ccccn12. The van der Waals surface area contributed by atoms with E-state index in [-0.39, 0.29) is 5.91 Å².